The topological polar surface area (TPSA) is 25.8 Å². The van der Waals surface area contributed by atoms with Gasteiger partial charge in [0.2, 0.25) is 0 Å². The summed E-state index contributed by atoms with van der Waals surface area (Å²) < 4.78 is 0. The molecule has 0 aliphatic heterocycles. The van der Waals surface area contributed by atoms with Gasteiger partial charge in [-0.3, -0.25) is 0 Å². The van der Waals surface area contributed by atoms with Crippen molar-refractivity contribution in [2.75, 3.05) is 0 Å². The predicted molar refractivity (Wildman–Crippen MR) is 56.1 cm³/mol. The maximum absolute atomic E-state index is 3.80. The average molecular weight is 174 g/mol. The van der Waals surface area contributed by atoms with Crippen molar-refractivity contribution in [1.82, 2.24) is 10.2 Å². The zero-order chi connectivity index (χ0) is 9.52. The molecular formula is C11H14N2. The summed E-state index contributed by atoms with van der Waals surface area (Å²) >= 11 is 0. The van der Waals surface area contributed by atoms with E-state index in [9.17, 15) is 0 Å². The van der Waals surface area contributed by atoms with E-state index in [0.29, 0.717) is 0 Å². The van der Waals surface area contributed by atoms with Crippen LogP contribution in [-0.4, -0.2) is 10.2 Å². The summed E-state index contributed by atoms with van der Waals surface area (Å²) in [6.45, 7) is 4.00. The third-order valence-electron chi connectivity index (χ3n) is 1.66. The zero-order valence-corrected chi connectivity index (χ0v) is 8.07. The second-order valence-corrected chi connectivity index (χ2v) is 2.44. The van der Waals surface area contributed by atoms with Crippen molar-refractivity contribution in [3.05, 3.63) is 35.7 Å². The highest BCUT2D eigenvalue weighted by molar-refractivity contribution is 5.65. The van der Waals surface area contributed by atoms with Gasteiger partial charge in [-0.05, 0) is 6.42 Å². The van der Waals surface area contributed by atoms with Crippen molar-refractivity contribution in [3.8, 4) is 0 Å². The molecule has 0 N–H and O–H groups in total. The molecular weight excluding hydrogens is 160 g/mol. The third kappa shape index (κ3) is 2.51. The van der Waals surface area contributed by atoms with Crippen LogP contribution >= 0.6 is 0 Å². The second kappa shape index (κ2) is 5.25. The molecule has 2 nitrogen and oxygen atoms in total. The molecule has 13 heavy (non-hydrogen) atoms. The van der Waals surface area contributed by atoms with E-state index in [1.807, 2.05) is 13.8 Å². The fraction of sp³-hybridized carbons (Fsp3) is 0.273. The molecule has 1 heterocycles. The number of allylic oxidation sites excluding steroid dienone is 2. The van der Waals surface area contributed by atoms with E-state index in [0.717, 1.165) is 17.5 Å². The van der Waals surface area contributed by atoms with E-state index in [2.05, 4.69) is 34.5 Å². The number of aromatic nitrogens is 2. The van der Waals surface area contributed by atoms with Crippen molar-refractivity contribution in [1.29, 1.82) is 0 Å². The van der Waals surface area contributed by atoms with Crippen molar-refractivity contribution in [3.63, 3.8) is 0 Å². The molecule has 0 radical (unpaired) electrons. The summed E-state index contributed by atoms with van der Waals surface area (Å²) in [5.74, 6) is 0. The van der Waals surface area contributed by atoms with Crippen LogP contribution in [0.1, 0.15) is 31.4 Å². The minimum atomic E-state index is 0.995. The maximum Gasteiger partial charge on any atom is 0.0574 e. The summed E-state index contributed by atoms with van der Waals surface area (Å²) in [7, 11) is 0. The Labute approximate surface area is 79.0 Å². The summed E-state index contributed by atoms with van der Waals surface area (Å²) in [4.78, 5) is 0. The first kappa shape index (κ1) is 9.65. The van der Waals surface area contributed by atoms with Gasteiger partial charge in [-0.2, -0.15) is 10.2 Å². The standard InChI is InChI=1S/C9H8N2.C2H6/c1-2-4-8-6-10-11-7-9(8)5-3-1;1-2/h2-7H,1H2;1-2H3. The monoisotopic (exact) mass is 174 g/mol. The lowest BCUT2D eigenvalue weighted by Crippen LogP contribution is -1.85. The van der Waals surface area contributed by atoms with Gasteiger partial charge < -0.3 is 0 Å². The number of hydrogen-bond acceptors (Lipinski definition) is 2. The van der Waals surface area contributed by atoms with Gasteiger partial charge in [-0.1, -0.05) is 38.2 Å². The highest BCUT2D eigenvalue weighted by atomic mass is 15.1. The molecule has 1 aliphatic carbocycles. The number of fused-ring (bicyclic) bond motifs is 1. The molecule has 0 bridgehead atoms. The molecule has 1 aromatic rings. The van der Waals surface area contributed by atoms with Crippen LogP contribution in [0.15, 0.2) is 24.5 Å². The normalized spacial score (nSPS) is 12.5. The van der Waals surface area contributed by atoms with Gasteiger partial charge in [0.05, 0.1) is 12.4 Å². The summed E-state index contributed by atoms with van der Waals surface area (Å²) in [5.41, 5.74) is 2.29. The molecule has 2 rings (SSSR count). The van der Waals surface area contributed by atoms with E-state index >= 15 is 0 Å². The Hall–Kier alpha value is -1.44. The predicted octanol–water partition coefficient (Wildman–Crippen LogP) is 2.93. The molecule has 0 aromatic carbocycles. The first-order valence-corrected chi connectivity index (χ1v) is 4.60. The SMILES string of the molecule is C1=Cc2cnncc2C=CC1.CC. The highest BCUT2D eigenvalue weighted by Crippen LogP contribution is 2.13. The fourth-order valence-corrected chi connectivity index (χ4v) is 1.09. The molecule has 0 fully saturated rings. The summed E-state index contributed by atoms with van der Waals surface area (Å²) in [5, 5.41) is 7.61. The van der Waals surface area contributed by atoms with Gasteiger partial charge in [0, 0.05) is 11.1 Å². The van der Waals surface area contributed by atoms with Gasteiger partial charge in [-0.25, -0.2) is 0 Å². The van der Waals surface area contributed by atoms with E-state index < -0.39 is 0 Å². The largest absolute Gasteiger partial charge is 0.158 e. The van der Waals surface area contributed by atoms with Crippen LogP contribution in [0.4, 0.5) is 0 Å². The van der Waals surface area contributed by atoms with Crippen LogP contribution in [0.2, 0.25) is 0 Å². The van der Waals surface area contributed by atoms with E-state index in [4.69, 9.17) is 0 Å². The second-order valence-electron chi connectivity index (χ2n) is 2.44. The first-order chi connectivity index (χ1) is 6.47. The Morgan fingerprint density at radius 1 is 0.923 bits per heavy atom. The van der Waals surface area contributed by atoms with Crippen molar-refractivity contribution in [2.45, 2.75) is 20.3 Å². The summed E-state index contributed by atoms with van der Waals surface area (Å²) in [6, 6.07) is 0. The molecule has 0 unspecified atom stereocenters. The molecule has 0 saturated carbocycles. The molecule has 0 amide bonds. The number of nitrogens with zero attached hydrogens (tertiary/aromatic N) is 2. The Morgan fingerprint density at radius 2 is 1.38 bits per heavy atom. The van der Waals surface area contributed by atoms with Crippen molar-refractivity contribution < 1.29 is 0 Å². The van der Waals surface area contributed by atoms with Gasteiger partial charge in [0.1, 0.15) is 0 Å². The molecule has 0 saturated heterocycles. The van der Waals surface area contributed by atoms with E-state index in [-0.39, 0.29) is 0 Å². The lowest BCUT2D eigenvalue weighted by Gasteiger charge is -1.94. The molecule has 1 aromatic heterocycles. The Morgan fingerprint density at radius 3 is 1.85 bits per heavy atom. The lowest BCUT2D eigenvalue weighted by atomic mass is 10.2. The van der Waals surface area contributed by atoms with Crippen molar-refractivity contribution in [2.24, 2.45) is 0 Å². The molecule has 0 spiro atoms. The highest BCUT2D eigenvalue weighted by Gasteiger charge is 1.96. The average Bonchev–Trinajstić information content (AvgIpc) is 2.45. The van der Waals surface area contributed by atoms with Crippen LogP contribution in [0, 0.1) is 0 Å². The number of rotatable bonds is 0. The maximum atomic E-state index is 3.80. The molecule has 2 heteroatoms. The first-order valence-electron chi connectivity index (χ1n) is 4.60. The van der Waals surface area contributed by atoms with Gasteiger partial charge >= 0.3 is 0 Å². The minimum Gasteiger partial charge on any atom is -0.158 e. The van der Waals surface area contributed by atoms with Crippen LogP contribution in [-0.2, 0) is 0 Å². The number of hydrogen-bond donors (Lipinski definition) is 0. The van der Waals surface area contributed by atoms with Crippen LogP contribution < -0.4 is 0 Å². The smallest absolute Gasteiger partial charge is 0.0574 e. The van der Waals surface area contributed by atoms with Gasteiger partial charge in [-0.15, -0.1) is 0 Å². The van der Waals surface area contributed by atoms with Crippen LogP contribution in [0.3, 0.4) is 0 Å². The Balaban J connectivity index is 0.000000396. The van der Waals surface area contributed by atoms with Crippen LogP contribution in [0.25, 0.3) is 12.2 Å². The van der Waals surface area contributed by atoms with Crippen LogP contribution in [0.5, 0.6) is 0 Å². The van der Waals surface area contributed by atoms with E-state index in [1.54, 1.807) is 12.4 Å². The molecule has 68 valence electrons. The van der Waals surface area contributed by atoms with Gasteiger partial charge in [0.15, 0.2) is 0 Å². The zero-order valence-electron chi connectivity index (χ0n) is 8.07. The van der Waals surface area contributed by atoms with Gasteiger partial charge in [0.25, 0.3) is 0 Å². The fourth-order valence-electron chi connectivity index (χ4n) is 1.09. The molecule has 0 atom stereocenters. The Bertz CT molecular complexity index is 283. The lowest BCUT2D eigenvalue weighted by molar-refractivity contribution is 1.02. The molecule has 1 aliphatic rings. The van der Waals surface area contributed by atoms with Crippen molar-refractivity contribution >= 4 is 12.2 Å². The minimum absolute atomic E-state index is 0.995. The summed E-state index contributed by atoms with van der Waals surface area (Å²) in [6.07, 6.45) is 12.9. The Kier molecular flexibility index (Phi) is 3.89. The van der Waals surface area contributed by atoms with E-state index in [1.165, 1.54) is 0 Å². The third-order valence-corrected chi connectivity index (χ3v) is 1.66. The quantitative estimate of drug-likeness (QED) is 0.604.